The Balaban J connectivity index is 1.41. The van der Waals surface area contributed by atoms with Crippen LogP contribution in [0.1, 0.15) is 38.0 Å². The third kappa shape index (κ3) is 2.76. The van der Waals surface area contributed by atoms with Crippen molar-refractivity contribution in [2.75, 3.05) is 13.1 Å². The molecule has 2 aliphatic rings. The zero-order chi connectivity index (χ0) is 17.5. The molecule has 2 aliphatic heterocycles. The molecule has 0 radical (unpaired) electrons. The highest BCUT2D eigenvalue weighted by Gasteiger charge is 2.27. The molecule has 4 heterocycles. The number of aryl methyl sites for hydroxylation is 1. The number of fused-ring (bicyclic) bond motifs is 2. The Kier molecular flexibility index (Phi) is 3.89. The van der Waals surface area contributed by atoms with Gasteiger partial charge in [-0.1, -0.05) is 35.3 Å². The van der Waals surface area contributed by atoms with Crippen molar-refractivity contribution in [2.24, 2.45) is 7.05 Å². The predicted molar refractivity (Wildman–Crippen MR) is 103 cm³/mol. The monoisotopic (exact) mass is 348 g/mol. The van der Waals surface area contributed by atoms with Crippen LogP contribution < -0.4 is 0 Å². The molecule has 5 rings (SSSR count). The molecule has 5 heteroatoms. The van der Waals surface area contributed by atoms with Crippen molar-refractivity contribution < 1.29 is 4.52 Å². The lowest BCUT2D eigenvalue weighted by molar-refractivity contribution is 0.130. The fraction of sp³-hybridized carbons (Fsp3) is 0.429. The molecule has 1 aromatic carbocycles. The topological polar surface area (TPSA) is 47.1 Å². The molecule has 0 aliphatic carbocycles. The molecule has 5 nitrogen and oxygen atoms in total. The first-order chi connectivity index (χ1) is 12.8. The Labute approximate surface area is 153 Å². The summed E-state index contributed by atoms with van der Waals surface area (Å²) in [6.07, 6.45) is 10.5. The smallest absolute Gasteiger partial charge is 0.250 e. The summed E-state index contributed by atoms with van der Waals surface area (Å²) < 4.78 is 7.66. The SMILES string of the molecule is Cn1cc(-c2noc(/C=C3/CCN4CCCC[C@@H]4C3)n2)c2ccccc21. The summed E-state index contributed by atoms with van der Waals surface area (Å²) in [6, 6.07) is 9.03. The van der Waals surface area contributed by atoms with Crippen LogP contribution in [0.4, 0.5) is 0 Å². The van der Waals surface area contributed by atoms with E-state index in [4.69, 9.17) is 4.52 Å². The molecule has 0 amide bonds. The Hall–Kier alpha value is -2.40. The van der Waals surface area contributed by atoms with Gasteiger partial charge in [0.2, 0.25) is 5.82 Å². The van der Waals surface area contributed by atoms with E-state index in [1.165, 1.54) is 43.4 Å². The normalized spacial score (nSPS) is 22.8. The lowest BCUT2D eigenvalue weighted by Gasteiger charge is -2.40. The lowest BCUT2D eigenvalue weighted by Crippen LogP contribution is -2.43. The van der Waals surface area contributed by atoms with Crippen LogP contribution in [-0.4, -0.2) is 38.7 Å². The van der Waals surface area contributed by atoms with E-state index in [9.17, 15) is 0 Å². The fourth-order valence-electron chi connectivity index (χ4n) is 4.51. The van der Waals surface area contributed by atoms with Gasteiger partial charge in [-0.05, 0) is 38.3 Å². The van der Waals surface area contributed by atoms with Crippen LogP contribution in [0.15, 0.2) is 40.6 Å². The van der Waals surface area contributed by atoms with Gasteiger partial charge in [0.1, 0.15) is 0 Å². The number of aromatic nitrogens is 3. The van der Waals surface area contributed by atoms with Gasteiger partial charge < -0.3 is 9.09 Å². The maximum Gasteiger partial charge on any atom is 0.250 e. The van der Waals surface area contributed by atoms with Crippen molar-refractivity contribution in [1.82, 2.24) is 19.6 Å². The molecule has 0 unspecified atom stereocenters. The van der Waals surface area contributed by atoms with Crippen LogP contribution >= 0.6 is 0 Å². The second-order valence-electron chi connectivity index (χ2n) is 7.57. The van der Waals surface area contributed by atoms with Crippen molar-refractivity contribution in [1.29, 1.82) is 0 Å². The van der Waals surface area contributed by atoms with Crippen molar-refractivity contribution in [3.63, 3.8) is 0 Å². The van der Waals surface area contributed by atoms with Crippen molar-refractivity contribution >= 4 is 17.0 Å². The average molecular weight is 348 g/mol. The zero-order valence-electron chi connectivity index (χ0n) is 15.2. The highest BCUT2D eigenvalue weighted by Crippen LogP contribution is 2.31. The van der Waals surface area contributed by atoms with E-state index >= 15 is 0 Å². The van der Waals surface area contributed by atoms with Gasteiger partial charge in [0, 0.05) is 48.4 Å². The first kappa shape index (κ1) is 15.8. The fourth-order valence-corrected chi connectivity index (χ4v) is 4.51. The molecule has 0 saturated carbocycles. The highest BCUT2D eigenvalue weighted by molar-refractivity contribution is 5.94. The molecule has 0 N–H and O–H groups in total. The van der Waals surface area contributed by atoms with Gasteiger partial charge in [0.25, 0.3) is 5.89 Å². The first-order valence-corrected chi connectivity index (χ1v) is 9.59. The minimum absolute atomic E-state index is 0.632. The van der Waals surface area contributed by atoms with Gasteiger partial charge in [0.05, 0.1) is 0 Å². The molecule has 134 valence electrons. The Bertz CT molecular complexity index is 967. The summed E-state index contributed by atoms with van der Waals surface area (Å²) in [5.41, 5.74) is 3.65. The van der Waals surface area contributed by atoms with Crippen LogP contribution in [0.3, 0.4) is 0 Å². The molecule has 0 spiro atoms. The molecule has 2 aromatic heterocycles. The van der Waals surface area contributed by atoms with E-state index in [1.54, 1.807) is 0 Å². The van der Waals surface area contributed by atoms with E-state index < -0.39 is 0 Å². The van der Waals surface area contributed by atoms with Crippen LogP contribution in [0.2, 0.25) is 0 Å². The van der Waals surface area contributed by atoms with Gasteiger partial charge in [-0.3, -0.25) is 4.90 Å². The Morgan fingerprint density at radius 2 is 2.12 bits per heavy atom. The summed E-state index contributed by atoms with van der Waals surface area (Å²) in [5, 5.41) is 5.40. The number of para-hydroxylation sites is 1. The largest absolute Gasteiger partial charge is 0.350 e. The zero-order valence-corrected chi connectivity index (χ0v) is 15.2. The van der Waals surface area contributed by atoms with E-state index in [0.717, 1.165) is 23.8 Å². The Morgan fingerprint density at radius 3 is 3.08 bits per heavy atom. The minimum Gasteiger partial charge on any atom is -0.350 e. The maximum absolute atomic E-state index is 5.56. The summed E-state index contributed by atoms with van der Waals surface area (Å²) in [6.45, 7) is 2.44. The summed E-state index contributed by atoms with van der Waals surface area (Å²) in [4.78, 5) is 7.31. The number of hydrogen-bond donors (Lipinski definition) is 0. The lowest BCUT2D eigenvalue weighted by atomic mass is 9.90. The Morgan fingerprint density at radius 1 is 1.19 bits per heavy atom. The molecule has 2 saturated heterocycles. The van der Waals surface area contributed by atoms with Gasteiger partial charge in [-0.25, -0.2) is 0 Å². The summed E-state index contributed by atoms with van der Waals surface area (Å²) in [5.74, 6) is 1.30. The van der Waals surface area contributed by atoms with Gasteiger partial charge in [-0.15, -0.1) is 0 Å². The van der Waals surface area contributed by atoms with E-state index in [0.29, 0.717) is 17.8 Å². The van der Waals surface area contributed by atoms with Gasteiger partial charge in [-0.2, -0.15) is 4.98 Å². The predicted octanol–water partition coefficient (Wildman–Crippen LogP) is 4.26. The molecule has 2 fully saturated rings. The van der Waals surface area contributed by atoms with E-state index in [2.05, 4.69) is 50.1 Å². The molecule has 26 heavy (non-hydrogen) atoms. The van der Waals surface area contributed by atoms with Crippen LogP contribution in [0.25, 0.3) is 28.4 Å². The second-order valence-corrected chi connectivity index (χ2v) is 7.57. The maximum atomic E-state index is 5.56. The molecule has 3 aromatic rings. The van der Waals surface area contributed by atoms with Crippen molar-refractivity contribution in [3.05, 3.63) is 41.9 Å². The number of rotatable bonds is 2. The number of benzene rings is 1. The minimum atomic E-state index is 0.632. The van der Waals surface area contributed by atoms with Crippen LogP contribution in [0, 0.1) is 0 Å². The van der Waals surface area contributed by atoms with Crippen LogP contribution in [0.5, 0.6) is 0 Å². The summed E-state index contributed by atoms with van der Waals surface area (Å²) in [7, 11) is 2.05. The molecular weight excluding hydrogens is 324 g/mol. The molecule has 0 bridgehead atoms. The number of hydrogen-bond acceptors (Lipinski definition) is 4. The molecular formula is C21H24N4O. The first-order valence-electron chi connectivity index (χ1n) is 9.59. The quantitative estimate of drug-likeness (QED) is 0.694. The number of nitrogens with zero attached hydrogens (tertiary/aromatic N) is 4. The molecule has 1 atom stereocenters. The third-order valence-corrected chi connectivity index (χ3v) is 5.87. The summed E-state index contributed by atoms with van der Waals surface area (Å²) >= 11 is 0. The van der Waals surface area contributed by atoms with Gasteiger partial charge in [0.15, 0.2) is 0 Å². The van der Waals surface area contributed by atoms with E-state index in [1.807, 2.05) is 13.1 Å². The standard InChI is InChI=1S/C21H24N4O/c1-24-14-18(17-7-2-3-8-19(17)24)21-22-20(26-23-21)13-15-9-11-25-10-5-4-6-16(25)12-15/h2-3,7-8,13-14,16H,4-6,9-12H2,1H3/b15-13-/t16-/m1/s1. The van der Waals surface area contributed by atoms with Crippen LogP contribution in [-0.2, 0) is 7.05 Å². The third-order valence-electron chi connectivity index (χ3n) is 5.87. The van der Waals surface area contributed by atoms with Crippen molar-refractivity contribution in [2.45, 2.75) is 38.1 Å². The van der Waals surface area contributed by atoms with Crippen molar-refractivity contribution in [3.8, 4) is 11.4 Å². The number of piperidine rings is 2. The average Bonchev–Trinajstić information content (AvgIpc) is 3.26. The highest BCUT2D eigenvalue weighted by atomic mass is 16.5. The second kappa shape index (κ2) is 6.40. The van der Waals surface area contributed by atoms with E-state index in [-0.39, 0.29) is 0 Å². The van der Waals surface area contributed by atoms with Gasteiger partial charge >= 0.3 is 0 Å².